The van der Waals surface area contributed by atoms with Crippen molar-refractivity contribution in [2.45, 2.75) is 44.7 Å². The van der Waals surface area contributed by atoms with Crippen molar-refractivity contribution in [3.05, 3.63) is 35.6 Å². The third-order valence-corrected chi connectivity index (χ3v) is 4.48. The van der Waals surface area contributed by atoms with Crippen molar-refractivity contribution in [2.75, 3.05) is 6.54 Å². The van der Waals surface area contributed by atoms with Gasteiger partial charge in [-0.05, 0) is 31.0 Å². The van der Waals surface area contributed by atoms with Crippen molar-refractivity contribution >= 4 is 23.8 Å². The summed E-state index contributed by atoms with van der Waals surface area (Å²) in [6.45, 7) is 2.75. The van der Waals surface area contributed by atoms with E-state index in [0.717, 1.165) is 11.3 Å². The molecule has 146 valence electrons. The molecule has 9 heteroatoms. The third-order valence-electron chi connectivity index (χ3n) is 4.48. The fourth-order valence-corrected chi connectivity index (χ4v) is 2.87. The van der Waals surface area contributed by atoms with Crippen LogP contribution in [0, 0.1) is 5.82 Å². The lowest BCUT2D eigenvalue weighted by molar-refractivity contribution is -0.142. The summed E-state index contributed by atoms with van der Waals surface area (Å²) in [6.07, 6.45) is 1.64. The van der Waals surface area contributed by atoms with Crippen LogP contribution in [0.3, 0.4) is 0 Å². The molecule has 2 unspecified atom stereocenters. The Morgan fingerprint density at radius 3 is 2.48 bits per heavy atom. The number of urea groups is 1. The van der Waals surface area contributed by atoms with E-state index in [2.05, 4.69) is 10.6 Å². The number of halogens is 1. The molecule has 3 N–H and O–H groups in total. The molecule has 0 saturated carbocycles. The van der Waals surface area contributed by atoms with E-state index in [1.54, 1.807) is 0 Å². The Kier molecular flexibility index (Phi) is 6.14. The van der Waals surface area contributed by atoms with Gasteiger partial charge in [0.15, 0.2) is 0 Å². The SMILES string of the molecule is CCCCC(NC(=O)CN1C(=O)NC(C)(c2ccc(F)cc2)C1=O)C(=O)O. The Bertz CT molecular complexity index is 752. The van der Waals surface area contributed by atoms with Crippen LogP contribution in [0.15, 0.2) is 24.3 Å². The quantitative estimate of drug-likeness (QED) is 0.590. The number of nitrogens with one attached hydrogen (secondary N) is 2. The maximum Gasteiger partial charge on any atom is 0.326 e. The summed E-state index contributed by atoms with van der Waals surface area (Å²) in [4.78, 5) is 49.0. The predicted octanol–water partition coefficient (Wildman–Crippen LogP) is 1.35. The van der Waals surface area contributed by atoms with E-state index in [-0.39, 0.29) is 6.42 Å². The van der Waals surface area contributed by atoms with E-state index in [1.165, 1.54) is 31.2 Å². The average Bonchev–Trinajstić information content (AvgIpc) is 2.83. The number of aliphatic carboxylic acids is 1. The highest BCUT2D eigenvalue weighted by atomic mass is 19.1. The molecule has 27 heavy (non-hydrogen) atoms. The highest BCUT2D eigenvalue weighted by molar-refractivity contribution is 6.09. The first-order valence-corrected chi connectivity index (χ1v) is 8.61. The van der Waals surface area contributed by atoms with Gasteiger partial charge in [0.2, 0.25) is 5.91 Å². The number of carbonyl (C=O) groups excluding carboxylic acids is 3. The highest BCUT2D eigenvalue weighted by Gasteiger charge is 2.49. The van der Waals surface area contributed by atoms with Gasteiger partial charge >= 0.3 is 12.0 Å². The predicted molar refractivity (Wildman–Crippen MR) is 93.1 cm³/mol. The molecule has 0 aromatic heterocycles. The second kappa shape index (κ2) is 8.15. The van der Waals surface area contributed by atoms with Crippen LogP contribution in [-0.2, 0) is 19.9 Å². The highest BCUT2D eigenvalue weighted by Crippen LogP contribution is 2.28. The topological polar surface area (TPSA) is 116 Å². The van der Waals surface area contributed by atoms with E-state index < -0.39 is 47.8 Å². The van der Waals surface area contributed by atoms with Crippen LogP contribution in [-0.4, -0.2) is 46.4 Å². The standard InChI is InChI=1S/C18H22FN3O5/c1-3-4-5-13(15(24)25)20-14(23)10-22-16(26)18(2,21-17(22)27)11-6-8-12(19)9-7-11/h6-9,13H,3-5,10H2,1-2H3,(H,20,23)(H,21,27)(H,24,25). The number of benzene rings is 1. The smallest absolute Gasteiger partial charge is 0.326 e. The Balaban J connectivity index is 2.09. The van der Waals surface area contributed by atoms with Crippen molar-refractivity contribution in [3.8, 4) is 0 Å². The molecule has 2 rings (SSSR count). The third kappa shape index (κ3) is 4.42. The van der Waals surface area contributed by atoms with Crippen LogP contribution in [0.5, 0.6) is 0 Å². The zero-order chi connectivity index (χ0) is 20.2. The van der Waals surface area contributed by atoms with Crippen molar-refractivity contribution < 1.29 is 28.7 Å². The lowest BCUT2D eigenvalue weighted by Crippen LogP contribution is -2.47. The molecule has 1 aliphatic rings. The minimum atomic E-state index is -1.43. The van der Waals surface area contributed by atoms with E-state index in [4.69, 9.17) is 5.11 Å². The molecular formula is C18H22FN3O5. The first kappa shape index (κ1) is 20.3. The number of hydrogen-bond acceptors (Lipinski definition) is 4. The largest absolute Gasteiger partial charge is 0.480 e. The molecule has 0 bridgehead atoms. The van der Waals surface area contributed by atoms with Gasteiger partial charge < -0.3 is 15.7 Å². The number of carboxylic acids is 1. The molecule has 1 aliphatic heterocycles. The second-order valence-electron chi connectivity index (χ2n) is 6.55. The lowest BCUT2D eigenvalue weighted by Gasteiger charge is -2.22. The van der Waals surface area contributed by atoms with E-state index in [1.807, 2.05) is 6.92 Å². The van der Waals surface area contributed by atoms with Crippen molar-refractivity contribution in [1.29, 1.82) is 0 Å². The summed E-state index contributed by atoms with van der Waals surface area (Å²) in [6, 6.07) is 3.23. The van der Waals surface area contributed by atoms with Gasteiger partial charge in [-0.1, -0.05) is 31.9 Å². The van der Waals surface area contributed by atoms with Crippen LogP contribution in [0.4, 0.5) is 9.18 Å². The molecule has 1 aromatic rings. The van der Waals surface area contributed by atoms with Crippen LogP contribution in [0.1, 0.15) is 38.7 Å². The van der Waals surface area contributed by atoms with Gasteiger partial charge in [-0.2, -0.15) is 0 Å². The molecule has 0 aliphatic carbocycles. The van der Waals surface area contributed by atoms with Gasteiger partial charge in [-0.25, -0.2) is 14.0 Å². The number of unbranched alkanes of at least 4 members (excludes halogenated alkanes) is 1. The summed E-state index contributed by atoms with van der Waals surface area (Å²) < 4.78 is 13.1. The van der Waals surface area contributed by atoms with Crippen molar-refractivity contribution in [3.63, 3.8) is 0 Å². The van der Waals surface area contributed by atoms with Crippen LogP contribution in [0.2, 0.25) is 0 Å². The monoisotopic (exact) mass is 379 g/mol. The number of hydrogen-bond donors (Lipinski definition) is 3. The first-order valence-electron chi connectivity index (χ1n) is 8.61. The van der Waals surface area contributed by atoms with Crippen molar-refractivity contribution in [2.24, 2.45) is 0 Å². The maximum atomic E-state index is 13.1. The summed E-state index contributed by atoms with van der Waals surface area (Å²) in [5.74, 6) is -3.08. The number of nitrogens with zero attached hydrogens (tertiary/aromatic N) is 1. The molecule has 4 amide bonds. The maximum absolute atomic E-state index is 13.1. The van der Waals surface area contributed by atoms with E-state index in [9.17, 15) is 23.6 Å². The van der Waals surface area contributed by atoms with Crippen LogP contribution in [0.25, 0.3) is 0 Å². The summed E-state index contributed by atoms with van der Waals surface area (Å²) in [5.41, 5.74) is -1.06. The number of rotatable bonds is 8. The Morgan fingerprint density at radius 1 is 1.30 bits per heavy atom. The number of carbonyl (C=O) groups is 4. The Hall–Kier alpha value is -2.97. The molecular weight excluding hydrogens is 357 g/mol. The van der Waals surface area contributed by atoms with Crippen molar-refractivity contribution in [1.82, 2.24) is 15.5 Å². The molecule has 0 spiro atoms. The average molecular weight is 379 g/mol. The summed E-state index contributed by atoms with van der Waals surface area (Å²) in [5, 5.41) is 14.0. The minimum Gasteiger partial charge on any atom is -0.480 e. The normalized spacial score (nSPS) is 20.3. The minimum absolute atomic E-state index is 0.255. The Labute approximate surface area is 155 Å². The van der Waals surface area contributed by atoms with Crippen LogP contribution < -0.4 is 10.6 Å². The molecule has 1 aromatic carbocycles. The van der Waals surface area contributed by atoms with Gasteiger partial charge in [0, 0.05) is 0 Å². The molecule has 1 fully saturated rings. The van der Waals surface area contributed by atoms with Gasteiger partial charge in [-0.3, -0.25) is 14.5 Å². The number of amides is 4. The number of carboxylic acid groups (broad SMARTS) is 1. The lowest BCUT2D eigenvalue weighted by atomic mass is 9.92. The van der Waals surface area contributed by atoms with Gasteiger partial charge in [0.1, 0.15) is 23.9 Å². The molecule has 2 atom stereocenters. The summed E-state index contributed by atoms with van der Waals surface area (Å²) in [7, 11) is 0. The molecule has 1 heterocycles. The fraction of sp³-hybridized carbons (Fsp3) is 0.444. The van der Waals surface area contributed by atoms with Gasteiger partial charge in [0.25, 0.3) is 5.91 Å². The Morgan fingerprint density at radius 2 is 1.93 bits per heavy atom. The molecule has 1 saturated heterocycles. The molecule has 8 nitrogen and oxygen atoms in total. The van der Waals surface area contributed by atoms with Crippen LogP contribution >= 0.6 is 0 Å². The van der Waals surface area contributed by atoms with E-state index in [0.29, 0.717) is 12.0 Å². The zero-order valence-electron chi connectivity index (χ0n) is 15.1. The first-order chi connectivity index (χ1) is 12.7. The second-order valence-corrected chi connectivity index (χ2v) is 6.55. The summed E-state index contributed by atoms with van der Waals surface area (Å²) >= 11 is 0. The zero-order valence-corrected chi connectivity index (χ0v) is 15.1. The molecule has 0 radical (unpaired) electrons. The number of imide groups is 1. The fourth-order valence-electron chi connectivity index (χ4n) is 2.87. The van der Waals surface area contributed by atoms with Gasteiger partial charge in [-0.15, -0.1) is 0 Å². The van der Waals surface area contributed by atoms with E-state index >= 15 is 0 Å². The van der Waals surface area contributed by atoms with Gasteiger partial charge in [0.05, 0.1) is 0 Å².